The van der Waals surface area contributed by atoms with Gasteiger partial charge in [0, 0.05) is 10.0 Å². The highest BCUT2D eigenvalue weighted by Crippen LogP contribution is 2.21. The molecule has 104 valence electrons. The second-order valence-electron chi connectivity index (χ2n) is 5.23. The molecular formula is C15H22BrN3. The lowest BCUT2D eigenvalue weighted by Gasteiger charge is -2.14. The maximum absolute atomic E-state index is 5.68. The van der Waals surface area contributed by atoms with Gasteiger partial charge in [0.05, 0.1) is 6.04 Å². The average molecular weight is 324 g/mol. The zero-order valence-electron chi connectivity index (χ0n) is 11.5. The molecule has 0 unspecified atom stereocenters. The first kappa shape index (κ1) is 14.5. The van der Waals surface area contributed by atoms with Crippen LogP contribution in [0.5, 0.6) is 0 Å². The fourth-order valence-electron chi connectivity index (χ4n) is 2.65. The fraction of sp³-hybridized carbons (Fsp3) is 0.533. The fourth-order valence-corrected chi connectivity index (χ4v) is 3.12. The lowest BCUT2D eigenvalue weighted by molar-refractivity contribution is 0.583. The van der Waals surface area contributed by atoms with Crippen LogP contribution >= 0.6 is 15.9 Å². The van der Waals surface area contributed by atoms with Crippen molar-refractivity contribution < 1.29 is 0 Å². The van der Waals surface area contributed by atoms with Crippen LogP contribution in [0.3, 0.4) is 0 Å². The Morgan fingerprint density at radius 3 is 2.53 bits per heavy atom. The van der Waals surface area contributed by atoms with E-state index in [4.69, 9.17) is 10.8 Å². The van der Waals surface area contributed by atoms with E-state index in [1.54, 1.807) is 0 Å². The summed E-state index contributed by atoms with van der Waals surface area (Å²) in [7, 11) is 0. The van der Waals surface area contributed by atoms with Gasteiger partial charge in [-0.05, 0) is 43.5 Å². The molecule has 0 bridgehead atoms. The molecule has 1 aromatic rings. The highest BCUT2D eigenvalue weighted by molar-refractivity contribution is 9.10. The van der Waals surface area contributed by atoms with Crippen LogP contribution in [0.25, 0.3) is 0 Å². The van der Waals surface area contributed by atoms with Crippen LogP contribution < -0.4 is 11.3 Å². The second kappa shape index (κ2) is 7.06. The topological polar surface area (TPSA) is 50.4 Å². The average Bonchev–Trinajstić information content (AvgIpc) is 2.65. The molecule has 1 aliphatic rings. The van der Waals surface area contributed by atoms with Crippen LogP contribution in [-0.2, 0) is 0 Å². The molecule has 0 heterocycles. The van der Waals surface area contributed by atoms with E-state index in [0.717, 1.165) is 15.9 Å². The van der Waals surface area contributed by atoms with Crippen LogP contribution in [0.1, 0.15) is 49.7 Å². The highest BCUT2D eigenvalue weighted by atomic mass is 79.9. The summed E-state index contributed by atoms with van der Waals surface area (Å²) >= 11 is 3.48. The van der Waals surface area contributed by atoms with E-state index < -0.39 is 0 Å². The van der Waals surface area contributed by atoms with Crippen molar-refractivity contribution in [2.75, 3.05) is 0 Å². The number of nitrogens with one attached hydrogen (secondary N) is 1. The molecule has 4 heteroatoms. The molecule has 0 spiro atoms. The van der Waals surface area contributed by atoms with Crippen molar-refractivity contribution in [2.24, 2.45) is 10.8 Å². The molecule has 0 atom stereocenters. The third kappa shape index (κ3) is 4.05. The van der Waals surface area contributed by atoms with Crippen molar-refractivity contribution in [2.45, 2.75) is 51.5 Å². The Bertz CT molecular complexity index is 449. The zero-order valence-corrected chi connectivity index (χ0v) is 13.0. The number of halogens is 1. The Labute approximate surface area is 123 Å². The quantitative estimate of drug-likeness (QED) is 0.287. The van der Waals surface area contributed by atoms with Gasteiger partial charge in [-0.1, -0.05) is 41.6 Å². The number of hydrazine groups is 1. The summed E-state index contributed by atoms with van der Waals surface area (Å²) < 4.78 is 1.08. The van der Waals surface area contributed by atoms with Gasteiger partial charge in [0.15, 0.2) is 0 Å². The standard InChI is InChI=1S/C15H22BrN3/c1-11-10-12(16)8-9-14(11)15(19-17)18-13-6-4-2-3-5-7-13/h8-10,13H,2-7,17H2,1H3,(H,18,19). The SMILES string of the molecule is Cc1cc(Br)ccc1C(=NC1CCCCCC1)NN. The van der Waals surface area contributed by atoms with Gasteiger partial charge in [-0.15, -0.1) is 0 Å². The summed E-state index contributed by atoms with van der Waals surface area (Å²) in [6.45, 7) is 2.08. The summed E-state index contributed by atoms with van der Waals surface area (Å²) in [5.74, 6) is 6.49. The minimum atomic E-state index is 0.414. The Balaban J connectivity index is 2.22. The van der Waals surface area contributed by atoms with E-state index in [0.29, 0.717) is 6.04 Å². The molecule has 3 nitrogen and oxygen atoms in total. The Kier molecular flexibility index (Phi) is 5.40. The zero-order chi connectivity index (χ0) is 13.7. The molecule has 0 amide bonds. The van der Waals surface area contributed by atoms with Crippen molar-refractivity contribution in [1.82, 2.24) is 5.43 Å². The predicted molar refractivity (Wildman–Crippen MR) is 84.2 cm³/mol. The lowest BCUT2D eigenvalue weighted by atomic mass is 10.1. The van der Waals surface area contributed by atoms with E-state index in [1.165, 1.54) is 44.1 Å². The number of benzene rings is 1. The minimum Gasteiger partial charge on any atom is -0.308 e. The number of amidine groups is 1. The summed E-state index contributed by atoms with van der Waals surface area (Å²) in [6, 6.07) is 6.60. The lowest BCUT2D eigenvalue weighted by Crippen LogP contribution is -2.33. The summed E-state index contributed by atoms with van der Waals surface area (Å²) in [4.78, 5) is 4.84. The summed E-state index contributed by atoms with van der Waals surface area (Å²) in [6.07, 6.45) is 7.61. The predicted octanol–water partition coefficient (Wildman–Crippen LogP) is 3.69. The van der Waals surface area contributed by atoms with Crippen molar-refractivity contribution >= 4 is 21.8 Å². The van der Waals surface area contributed by atoms with Gasteiger partial charge < -0.3 is 5.43 Å². The van der Waals surface area contributed by atoms with Gasteiger partial charge >= 0.3 is 0 Å². The third-order valence-electron chi connectivity index (χ3n) is 3.72. The van der Waals surface area contributed by atoms with Crippen LogP contribution in [0.4, 0.5) is 0 Å². The number of rotatable bonds is 2. The van der Waals surface area contributed by atoms with E-state index >= 15 is 0 Å². The largest absolute Gasteiger partial charge is 0.308 e. The first-order valence-corrected chi connectivity index (χ1v) is 7.81. The van der Waals surface area contributed by atoms with Gasteiger partial charge in [-0.3, -0.25) is 4.99 Å². The normalized spacial score (nSPS) is 18.2. The Morgan fingerprint density at radius 2 is 1.95 bits per heavy atom. The Hall–Kier alpha value is -0.870. The van der Waals surface area contributed by atoms with Crippen molar-refractivity contribution in [3.8, 4) is 0 Å². The highest BCUT2D eigenvalue weighted by Gasteiger charge is 2.13. The van der Waals surface area contributed by atoms with Gasteiger partial charge in [0.1, 0.15) is 5.84 Å². The van der Waals surface area contributed by atoms with Crippen LogP contribution in [0.15, 0.2) is 27.7 Å². The molecule has 0 radical (unpaired) electrons. The number of nitrogens with two attached hydrogens (primary N) is 1. The van der Waals surface area contributed by atoms with Gasteiger partial charge in [-0.2, -0.15) is 0 Å². The number of hydrogen-bond donors (Lipinski definition) is 2. The number of hydrogen-bond acceptors (Lipinski definition) is 2. The van der Waals surface area contributed by atoms with Crippen LogP contribution in [0.2, 0.25) is 0 Å². The van der Waals surface area contributed by atoms with Crippen molar-refractivity contribution in [3.05, 3.63) is 33.8 Å². The van der Waals surface area contributed by atoms with Gasteiger partial charge in [0.25, 0.3) is 0 Å². The van der Waals surface area contributed by atoms with Gasteiger partial charge in [0.2, 0.25) is 0 Å². The van der Waals surface area contributed by atoms with E-state index in [1.807, 2.05) is 6.07 Å². The molecule has 3 N–H and O–H groups in total. The van der Waals surface area contributed by atoms with E-state index in [-0.39, 0.29) is 0 Å². The molecule has 1 fully saturated rings. The molecule has 2 rings (SSSR count). The molecule has 0 aliphatic heterocycles. The summed E-state index contributed by atoms with van der Waals surface area (Å²) in [5, 5.41) is 0. The van der Waals surface area contributed by atoms with Crippen molar-refractivity contribution in [1.29, 1.82) is 0 Å². The van der Waals surface area contributed by atoms with E-state index in [9.17, 15) is 0 Å². The van der Waals surface area contributed by atoms with Crippen LogP contribution in [-0.4, -0.2) is 11.9 Å². The molecular weight excluding hydrogens is 302 g/mol. The second-order valence-corrected chi connectivity index (χ2v) is 6.14. The molecule has 0 saturated heterocycles. The third-order valence-corrected chi connectivity index (χ3v) is 4.21. The molecule has 19 heavy (non-hydrogen) atoms. The molecule has 1 aliphatic carbocycles. The number of aliphatic imine (C=N–C) groups is 1. The van der Waals surface area contributed by atoms with Crippen LogP contribution in [0, 0.1) is 6.92 Å². The molecule has 0 aromatic heterocycles. The first-order valence-electron chi connectivity index (χ1n) is 7.01. The maximum Gasteiger partial charge on any atom is 0.143 e. The Morgan fingerprint density at radius 1 is 1.26 bits per heavy atom. The number of nitrogens with zero attached hydrogens (tertiary/aromatic N) is 1. The number of aryl methyl sites for hydroxylation is 1. The molecule has 1 saturated carbocycles. The minimum absolute atomic E-state index is 0.414. The maximum atomic E-state index is 5.68. The molecule has 1 aromatic carbocycles. The monoisotopic (exact) mass is 323 g/mol. The van der Waals surface area contributed by atoms with E-state index in [2.05, 4.69) is 40.4 Å². The first-order chi connectivity index (χ1) is 9.20. The van der Waals surface area contributed by atoms with Gasteiger partial charge in [-0.25, -0.2) is 5.84 Å². The smallest absolute Gasteiger partial charge is 0.143 e. The summed E-state index contributed by atoms with van der Waals surface area (Å²) in [5.41, 5.74) is 5.05. The van der Waals surface area contributed by atoms with Crippen molar-refractivity contribution in [3.63, 3.8) is 0 Å².